The quantitative estimate of drug-likeness (QED) is 0.557. The Kier molecular flexibility index (Phi) is 4.06. The van der Waals surface area contributed by atoms with Gasteiger partial charge in [0, 0.05) is 4.70 Å². The fraction of sp³-hybridized carbons (Fsp3) is 0.222. The van der Waals surface area contributed by atoms with Crippen LogP contribution in [0.2, 0.25) is 0 Å². The number of benzene rings is 2. The molecule has 0 aliphatic carbocycles. The topological polar surface area (TPSA) is 38.0 Å². The standard InChI is InChI=1S/C18H20N2S/c1-12-6-7-14(10-13(12)2)11-17(20-19)16-5-3-4-15-8-9-21-18(15)16/h3-10,17,20H,11,19H2,1-2H3. The molecule has 21 heavy (non-hydrogen) atoms. The van der Waals surface area contributed by atoms with Crippen molar-refractivity contribution in [2.45, 2.75) is 26.3 Å². The SMILES string of the molecule is Cc1ccc(CC(NN)c2cccc3ccsc23)cc1C. The van der Waals surface area contributed by atoms with Crippen molar-refractivity contribution in [1.82, 2.24) is 5.43 Å². The molecule has 0 radical (unpaired) electrons. The Morgan fingerprint density at radius 3 is 2.71 bits per heavy atom. The molecule has 2 nitrogen and oxygen atoms in total. The molecular weight excluding hydrogens is 276 g/mol. The van der Waals surface area contributed by atoms with Crippen molar-refractivity contribution in [2.24, 2.45) is 5.84 Å². The molecule has 108 valence electrons. The maximum Gasteiger partial charge on any atom is 0.0514 e. The minimum absolute atomic E-state index is 0.134. The van der Waals surface area contributed by atoms with Gasteiger partial charge in [-0.15, -0.1) is 11.3 Å². The molecule has 1 heterocycles. The largest absolute Gasteiger partial charge is 0.271 e. The van der Waals surface area contributed by atoms with E-state index in [2.05, 4.69) is 67.1 Å². The molecule has 0 amide bonds. The average Bonchev–Trinajstić information content (AvgIpc) is 2.97. The van der Waals surface area contributed by atoms with Crippen LogP contribution in [-0.2, 0) is 6.42 Å². The molecule has 3 aromatic rings. The van der Waals surface area contributed by atoms with Gasteiger partial charge in [-0.1, -0.05) is 36.4 Å². The van der Waals surface area contributed by atoms with E-state index in [0.717, 1.165) is 6.42 Å². The van der Waals surface area contributed by atoms with Crippen LogP contribution < -0.4 is 11.3 Å². The summed E-state index contributed by atoms with van der Waals surface area (Å²) in [6.45, 7) is 4.30. The van der Waals surface area contributed by atoms with Crippen LogP contribution in [0.25, 0.3) is 10.1 Å². The highest BCUT2D eigenvalue weighted by molar-refractivity contribution is 7.17. The van der Waals surface area contributed by atoms with Crippen molar-refractivity contribution >= 4 is 21.4 Å². The second-order valence-electron chi connectivity index (χ2n) is 5.53. The smallest absolute Gasteiger partial charge is 0.0514 e. The van der Waals surface area contributed by atoms with Crippen molar-refractivity contribution in [1.29, 1.82) is 0 Å². The van der Waals surface area contributed by atoms with E-state index >= 15 is 0 Å². The fourth-order valence-electron chi connectivity index (χ4n) is 2.72. The van der Waals surface area contributed by atoms with Gasteiger partial charge in [-0.25, -0.2) is 0 Å². The van der Waals surface area contributed by atoms with E-state index in [1.165, 1.54) is 32.3 Å². The Bertz CT molecular complexity index is 761. The minimum Gasteiger partial charge on any atom is -0.271 e. The molecule has 3 rings (SSSR count). The third-order valence-electron chi connectivity index (χ3n) is 4.10. The molecule has 1 unspecified atom stereocenters. The summed E-state index contributed by atoms with van der Waals surface area (Å²) in [7, 11) is 0. The summed E-state index contributed by atoms with van der Waals surface area (Å²) in [4.78, 5) is 0. The van der Waals surface area contributed by atoms with E-state index < -0.39 is 0 Å². The molecular formula is C18H20N2S. The summed E-state index contributed by atoms with van der Waals surface area (Å²) in [5.41, 5.74) is 8.25. The molecule has 3 N–H and O–H groups in total. The number of rotatable bonds is 4. The minimum atomic E-state index is 0.134. The van der Waals surface area contributed by atoms with Crippen LogP contribution in [0, 0.1) is 13.8 Å². The van der Waals surface area contributed by atoms with E-state index in [9.17, 15) is 0 Å². The normalized spacial score (nSPS) is 12.7. The van der Waals surface area contributed by atoms with E-state index in [0.29, 0.717) is 0 Å². The lowest BCUT2D eigenvalue weighted by atomic mass is 9.96. The number of nitrogens with one attached hydrogen (secondary N) is 1. The maximum atomic E-state index is 5.83. The van der Waals surface area contributed by atoms with Gasteiger partial charge in [-0.2, -0.15) is 0 Å². The van der Waals surface area contributed by atoms with Crippen LogP contribution in [0.15, 0.2) is 47.8 Å². The van der Waals surface area contributed by atoms with Gasteiger partial charge in [-0.05, 0) is 59.4 Å². The molecule has 0 spiro atoms. The van der Waals surface area contributed by atoms with Gasteiger partial charge in [0.05, 0.1) is 6.04 Å². The number of hydrogen-bond donors (Lipinski definition) is 2. The first-order valence-corrected chi connectivity index (χ1v) is 8.05. The van der Waals surface area contributed by atoms with Crippen molar-refractivity contribution in [2.75, 3.05) is 0 Å². The van der Waals surface area contributed by atoms with E-state index in [1.807, 2.05) is 0 Å². The van der Waals surface area contributed by atoms with Gasteiger partial charge in [-0.3, -0.25) is 11.3 Å². The van der Waals surface area contributed by atoms with Crippen molar-refractivity contribution < 1.29 is 0 Å². The van der Waals surface area contributed by atoms with Crippen molar-refractivity contribution in [3.05, 3.63) is 70.1 Å². The summed E-state index contributed by atoms with van der Waals surface area (Å²) < 4.78 is 1.32. The number of aryl methyl sites for hydroxylation is 2. The molecule has 0 fully saturated rings. The van der Waals surface area contributed by atoms with Crippen LogP contribution in [0.5, 0.6) is 0 Å². The van der Waals surface area contributed by atoms with E-state index in [1.54, 1.807) is 11.3 Å². The third kappa shape index (κ3) is 2.86. The summed E-state index contributed by atoms with van der Waals surface area (Å²) in [5.74, 6) is 5.83. The molecule has 1 atom stereocenters. The number of thiophene rings is 1. The van der Waals surface area contributed by atoms with Crippen LogP contribution in [-0.4, -0.2) is 0 Å². The third-order valence-corrected chi connectivity index (χ3v) is 5.08. The molecule has 0 saturated heterocycles. The van der Waals surface area contributed by atoms with Gasteiger partial charge in [0.1, 0.15) is 0 Å². The first-order valence-electron chi connectivity index (χ1n) is 7.17. The van der Waals surface area contributed by atoms with Gasteiger partial charge in [0.15, 0.2) is 0 Å². The monoisotopic (exact) mass is 296 g/mol. The predicted molar refractivity (Wildman–Crippen MR) is 91.5 cm³/mol. The van der Waals surface area contributed by atoms with E-state index in [-0.39, 0.29) is 6.04 Å². The van der Waals surface area contributed by atoms with Gasteiger partial charge >= 0.3 is 0 Å². The Hall–Kier alpha value is -1.68. The zero-order chi connectivity index (χ0) is 14.8. The molecule has 3 heteroatoms. The van der Waals surface area contributed by atoms with Gasteiger partial charge in [0.25, 0.3) is 0 Å². The highest BCUT2D eigenvalue weighted by Gasteiger charge is 2.14. The molecule has 2 aromatic carbocycles. The lowest BCUT2D eigenvalue weighted by molar-refractivity contribution is 0.556. The number of nitrogens with two attached hydrogens (primary N) is 1. The van der Waals surface area contributed by atoms with E-state index in [4.69, 9.17) is 5.84 Å². The highest BCUT2D eigenvalue weighted by Crippen LogP contribution is 2.30. The summed E-state index contributed by atoms with van der Waals surface area (Å²) in [6, 6.07) is 15.4. The van der Waals surface area contributed by atoms with Crippen LogP contribution >= 0.6 is 11.3 Å². The first kappa shape index (κ1) is 14.3. The van der Waals surface area contributed by atoms with Crippen LogP contribution in [0.4, 0.5) is 0 Å². The van der Waals surface area contributed by atoms with Crippen LogP contribution in [0.3, 0.4) is 0 Å². The van der Waals surface area contributed by atoms with Crippen molar-refractivity contribution in [3.63, 3.8) is 0 Å². The summed E-state index contributed by atoms with van der Waals surface area (Å²) >= 11 is 1.78. The Balaban J connectivity index is 1.94. The zero-order valence-electron chi connectivity index (χ0n) is 12.4. The molecule has 0 saturated carbocycles. The Morgan fingerprint density at radius 2 is 1.95 bits per heavy atom. The van der Waals surface area contributed by atoms with Gasteiger partial charge < -0.3 is 0 Å². The number of hydrazine groups is 1. The number of hydrogen-bond acceptors (Lipinski definition) is 3. The molecule has 0 aliphatic heterocycles. The second kappa shape index (κ2) is 5.98. The first-order chi connectivity index (χ1) is 10.2. The zero-order valence-corrected chi connectivity index (χ0v) is 13.2. The fourth-order valence-corrected chi connectivity index (χ4v) is 3.68. The van der Waals surface area contributed by atoms with Gasteiger partial charge in [0.2, 0.25) is 0 Å². The Morgan fingerprint density at radius 1 is 1.10 bits per heavy atom. The lowest BCUT2D eigenvalue weighted by Crippen LogP contribution is -2.29. The Labute approximate surface area is 129 Å². The number of fused-ring (bicyclic) bond motifs is 1. The highest BCUT2D eigenvalue weighted by atomic mass is 32.1. The second-order valence-corrected chi connectivity index (χ2v) is 6.44. The summed E-state index contributed by atoms with van der Waals surface area (Å²) in [5, 5.41) is 3.43. The molecule has 0 bridgehead atoms. The molecule has 1 aromatic heterocycles. The lowest BCUT2D eigenvalue weighted by Gasteiger charge is -2.18. The maximum absolute atomic E-state index is 5.83. The predicted octanol–water partition coefficient (Wildman–Crippen LogP) is 4.27. The average molecular weight is 296 g/mol. The van der Waals surface area contributed by atoms with Crippen molar-refractivity contribution in [3.8, 4) is 0 Å². The molecule has 0 aliphatic rings. The summed E-state index contributed by atoms with van der Waals surface area (Å²) in [6.07, 6.45) is 0.897. The van der Waals surface area contributed by atoms with Crippen LogP contribution in [0.1, 0.15) is 28.3 Å².